The summed E-state index contributed by atoms with van der Waals surface area (Å²) in [5, 5.41) is 9.78. The van der Waals surface area contributed by atoms with Gasteiger partial charge in [-0.05, 0) is 25.2 Å². The van der Waals surface area contributed by atoms with E-state index in [-0.39, 0.29) is 6.10 Å². The van der Waals surface area contributed by atoms with Gasteiger partial charge < -0.3 is 5.11 Å². The Morgan fingerprint density at radius 2 is 1.92 bits per heavy atom. The van der Waals surface area contributed by atoms with Gasteiger partial charge in [0, 0.05) is 0 Å². The van der Waals surface area contributed by atoms with E-state index in [0.29, 0.717) is 5.92 Å². The first kappa shape index (κ1) is 10.0. The second kappa shape index (κ2) is 5.58. The average Bonchev–Trinajstić information content (AvgIpc) is 2.15. The first-order valence-corrected chi connectivity index (χ1v) is 5.32. The smallest absolute Gasteiger partial charge is 0.0568 e. The lowest BCUT2D eigenvalue weighted by Crippen LogP contribution is -2.22. The van der Waals surface area contributed by atoms with Crippen LogP contribution in [-0.4, -0.2) is 11.2 Å². The molecule has 0 amide bonds. The van der Waals surface area contributed by atoms with E-state index in [1.54, 1.807) is 0 Å². The molecule has 71 valence electrons. The normalized spacial score (nSPS) is 22.5. The van der Waals surface area contributed by atoms with Crippen LogP contribution in [0, 0.1) is 12.8 Å². The van der Waals surface area contributed by atoms with E-state index < -0.39 is 0 Å². The zero-order valence-electron chi connectivity index (χ0n) is 7.97. The van der Waals surface area contributed by atoms with E-state index in [2.05, 4.69) is 6.92 Å². The molecule has 1 unspecified atom stereocenters. The molecule has 1 heteroatoms. The maximum Gasteiger partial charge on any atom is 0.0568 e. The zero-order valence-corrected chi connectivity index (χ0v) is 7.97. The van der Waals surface area contributed by atoms with Crippen molar-refractivity contribution < 1.29 is 5.11 Å². The molecule has 0 saturated heterocycles. The Kier molecular flexibility index (Phi) is 4.67. The lowest BCUT2D eigenvalue weighted by molar-refractivity contribution is 0.0756. The molecule has 1 radical (unpaired) electrons. The van der Waals surface area contributed by atoms with Crippen LogP contribution in [0.1, 0.15) is 51.4 Å². The molecule has 0 heterocycles. The van der Waals surface area contributed by atoms with Crippen LogP contribution in [0.5, 0.6) is 0 Å². The van der Waals surface area contributed by atoms with Gasteiger partial charge in [-0.3, -0.25) is 0 Å². The highest BCUT2D eigenvalue weighted by Gasteiger charge is 2.20. The first-order valence-electron chi connectivity index (χ1n) is 5.32. The minimum Gasteiger partial charge on any atom is -0.393 e. The minimum atomic E-state index is -0.0351. The molecule has 0 aromatic carbocycles. The van der Waals surface area contributed by atoms with Gasteiger partial charge in [0.1, 0.15) is 0 Å². The van der Waals surface area contributed by atoms with Crippen molar-refractivity contribution in [3.05, 3.63) is 6.92 Å². The van der Waals surface area contributed by atoms with Gasteiger partial charge >= 0.3 is 0 Å². The van der Waals surface area contributed by atoms with Gasteiger partial charge in [0.05, 0.1) is 6.10 Å². The fourth-order valence-corrected chi connectivity index (χ4v) is 2.11. The lowest BCUT2D eigenvalue weighted by atomic mass is 9.84. The highest BCUT2D eigenvalue weighted by Crippen LogP contribution is 2.28. The fraction of sp³-hybridized carbons (Fsp3) is 0.909. The Labute approximate surface area is 76.2 Å². The van der Waals surface area contributed by atoms with Crippen molar-refractivity contribution in [3.8, 4) is 0 Å². The van der Waals surface area contributed by atoms with Gasteiger partial charge in [-0.2, -0.15) is 0 Å². The standard InChI is InChI=1S/C11H21O/c1-2-3-9-11(12)10-7-5-4-6-8-10/h10-12H,1-9H2. The van der Waals surface area contributed by atoms with Crippen LogP contribution in [-0.2, 0) is 0 Å². The highest BCUT2D eigenvalue weighted by molar-refractivity contribution is 4.73. The molecule has 12 heavy (non-hydrogen) atoms. The maximum absolute atomic E-state index is 9.78. The van der Waals surface area contributed by atoms with Crippen LogP contribution in [0.4, 0.5) is 0 Å². The summed E-state index contributed by atoms with van der Waals surface area (Å²) in [7, 11) is 0. The van der Waals surface area contributed by atoms with E-state index in [9.17, 15) is 5.11 Å². The summed E-state index contributed by atoms with van der Waals surface area (Å²) in [5.74, 6) is 0.602. The van der Waals surface area contributed by atoms with E-state index in [0.717, 1.165) is 19.3 Å². The van der Waals surface area contributed by atoms with Crippen LogP contribution in [0.2, 0.25) is 0 Å². The Balaban J connectivity index is 2.15. The van der Waals surface area contributed by atoms with Crippen molar-refractivity contribution in [1.82, 2.24) is 0 Å². The van der Waals surface area contributed by atoms with Crippen molar-refractivity contribution in [3.63, 3.8) is 0 Å². The molecule has 0 spiro atoms. The second-order valence-electron chi connectivity index (χ2n) is 3.96. The van der Waals surface area contributed by atoms with Gasteiger partial charge in [0.25, 0.3) is 0 Å². The van der Waals surface area contributed by atoms with Crippen molar-refractivity contribution in [2.75, 3.05) is 0 Å². The summed E-state index contributed by atoms with van der Waals surface area (Å²) >= 11 is 0. The third-order valence-corrected chi connectivity index (χ3v) is 2.94. The number of unbranched alkanes of at least 4 members (excludes halogenated alkanes) is 1. The third-order valence-electron chi connectivity index (χ3n) is 2.94. The molecule has 1 rings (SSSR count). The molecule has 0 bridgehead atoms. The first-order chi connectivity index (χ1) is 5.84. The summed E-state index contributed by atoms with van der Waals surface area (Å²) in [6.45, 7) is 3.79. The lowest BCUT2D eigenvalue weighted by Gasteiger charge is -2.26. The molecule has 1 aliphatic carbocycles. The molecule has 1 aliphatic rings. The predicted molar refractivity (Wildman–Crippen MR) is 51.8 cm³/mol. The summed E-state index contributed by atoms with van der Waals surface area (Å²) in [4.78, 5) is 0. The zero-order chi connectivity index (χ0) is 8.81. The average molecular weight is 169 g/mol. The van der Waals surface area contributed by atoms with Gasteiger partial charge in [-0.15, -0.1) is 0 Å². The van der Waals surface area contributed by atoms with Gasteiger partial charge in [0.15, 0.2) is 0 Å². The maximum atomic E-state index is 9.78. The number of aliphatic hydroxyl groups excluding tert-OH is 1. The molecule has 1 atom stereocenters. The van der Waals surface area contributed by atoms with Crippen molar-refractivity contribution in [1.29, 1.82) is 0 Å². The monoisotopic (exact) mass is 169 g/mol. The molecule has 0 aliphatic heterocycles. The Bertz CT molecular complexity index is 106. The largest absolute Gasteiger partial charge is 0.393 e. The Morgan fingerprint density at radius 3 is 2.50 bits per heavy atom. The topological polar surface area (TPSA) is 20.2 Å². The molecule has 1 fully saturated rings. The number of aliphatic hydroxyl groups is 1. The number of rotatable bonds is 4. The summed E-state index contributed by atoms with van der Waals surface area (Å²) in [5.41, 5.74) is 0. The summed E-state index contributed by atoms with van der Waals surface area (Å²) in [6, 6.07) is 0. The Morgan fingerprint density at radius 1 is 1.25 bits per heavy atom. The number of hydrogen-bond acceptors (Lipinski definition) is 1. The van der Waals surface area contributed by atoms with E-state index in [1.165, 1.54) is 32.1 Å². The SMILES string of the molecule is [CH2]CCCC(O)C1CCCCC1. The summed E-state index contributed by atoms with van der Waals surface area (Å²) < 4.78 is 0. The van der Waals surface area contributed by atoms with Crippen molar-refractivity contribution >= 4 is 0 Å². The van der Waals surface area contributed by atoms with Crippen LogP contribution >= 0.6 is 0 Å². The summed E-state index contributed by atoms with van der Waals surface area (Å²) in [6.07, 6.45) is 9.50. The van der Waals surface area contributed by atoms with Crippen LogP contribution < -0.4 is 0 Å². The fourth-order valence-electron chi connectivity index (χ4n) is 2.11. The van der Waals surface area contributed by atoms with Crippen LogP contribution in [0.15, 0.2) is 0 Å². The van der Waals surface area contributed by atoms with Gasteiger partial charge in [-0.1, -0.05) is 39.0 Å². The molecule has 0 aromatic rings. The van der Waals surface area contributed by atoms with Crippen molar-refractivity contribution in [2.45, 2.75) is 57.5 Å². The Hall–Kier alpha value is -0.0400. The van der Waals surface area contributed by atoms with Crippen LogP contribution in [0.25, 0.3) is 0 Å². The van der Waals surface area contributed by atoms with Crippen LogP contribution in [0.3, 0.4) is 0 Å². The molecular formula is C11H21O. The van der Waals surface area contributed by atoms with Gasteiger partial charge in [-0.25, -0.2) is 0 Å². The molecular weight excluding hydrogens is 148 g/mol. The van der Waals surface area contributed by atoms with E-state index in [4.69, 9.17) is 0 Å². The highest BCUT2D eigenvalue weighted by atomic mass is 16.3. The van der Waals surface area contributed by atoms with E-state index in [1.807, 2.05) is 0 Å². The minimum absolute atomic E-state index is 0.0351. The quantitative estimate of drug-likeness (QED) is 0.686. The third kappa shape index (κ3) is 3.14. The van der Waals surface area contributed by atoms with Gasteiger partial charge in [0.2, 0.25) is 0 Å². The van der Waals surface area contributed by atoms with Crippen molar-refractivity contribution in [2.24, 2.45) is 5.92 Å². The van der Waals surface area contributed by atoms with E-state index >= 15 is 0 Å². The molecule has 1 nitrogen and oxygen atoms in total. The molecule has 1 saturated carbocycles. The molecule has 1 N–H and O–H groups in total. The number of hydrogen-bond donors (Lipinski definition) is 1. The predicted octanol–water partition coefficient (Wildman–Crippen LogP) is 2.93. The second-order valence-corrected chi connectivity index (χ2v) is 3.96. The molecule has 0 aromatic heterocycles.